The first-order valence-electron chi connectivity index (χ1n) is 11.3. The van der Waals surface area contributed by atoms with Crippen molar-refractivity contribution in [2.45, 2.75) is 4.90 Å². The van der Waals surface area contributed by atoms with E-state index in [9.17, 15) is 4.79 Å². The van der Waals surface area contributed by atoms with Crippen molar-refractivity contribution >= 4 is 69.1 Å². The Kier molecular flexibility index (Phi) is 7.51. The lowest BCUT2D eigenvalue weighted by Gasteiger charge is -2.37. The Balaban J connectivity index is 1.23. The Hall–Kier alpha value is -3.07. The molecule has 1 aliphatic heterocycles. The number of aromatic nitrogens is 1. The molecule has 9 heteroatoms. The monoisotopic (exact) mass is 521 g/mol. The molecule has 5 rings (SSSR count). The summed E-state index contributed by atoms with van der Waals surface area (Å²) in [5.41, 5.74) is 5.86. The molecule has 0 bridgehead atoms. The van der Waals surface area contributed by atoms with Crippen LogP contribution in [0.15, 0.2) is 82.2 Å². The molecule has 0 unspecified atom stereocenters. The van der Waals surface area contributed by atoms with Crippen LogP contribution in [0.2, 0.25) is 5.02 Å². The molecule has 2 aromatic heterocycles. The summed E-state index contributed by atoms with van der Waals surface area (Å²) in [5.74, 6) is 0.143. The Morgan fingerprint density at radius 3 is 2.60 bits per heavy atom. The number of hydrogen-bond acceptors (Lipinski definition) is 7. The summed E-state index contributed by atoms with van der Waals surface area (Å²) in [6.07, 6.45) is 3.45. The van der Waals surface area contributed by atoms with Crippen molar-refractivity contribution in [3.05, 3.63) is 82.1 Å². The number of hydrazone groups is 1. The van der Waals surface area contributed by atoms with E-state index in [2.05, 4.69) is 49.6 Å². The number of nitrogens with zero attached hydrogens (tertiary/aromatic N) is 4. The van der Waals surface area contributed by atoms with Gasteiger partial charge in [0.05, 0.1) is 17.5 Å². The van der Waals surface area contributed by atoms with Crippen LogP contribution in [0.25, 0.3) is 10.9 Å². The van der Waals surface area contributed by atoms with Crippen LogP contribution in [0.3, 0.4) is 0 Å². The van der Waals surface area contributed by atoms with Crippen LogP contribution in [0.1, 0.15) is 4.88 Å². The van der Waals surface area contributed by atoms with Crippen molar-refractivity contribution in [1.82, 2.24) is 10.4 Å². The quantitative estimate of drug-likeness (QED) is 0.197. The van der Waals surface area contributed by atoms with E-state index in [1.807, 2.05) is 41.8 Å². The summed E-state index contributed by atoms with van der Waals surface area (Å²) in [6, 6.07) is 20.3. The fraction of sp³-hybridized carbons (Fsp3) is 0.192. The summed E-state index contributed by atoms with van der Waals surface area (Å²) < 4.78 is 0. The highest BCUT2D eigenvalue weighted by Crippen LogP contribution is 2.31. The van der Waals surface area contributed by atoms with Gasteiger partial charge in [-0.25, -0.2) is 5.43 Å². The number of anilines is 2. The van der Waals surface area contributed by atoms with E-state index in [0.29, 0.717) is 0 Å². The third-order valence-electron chi connectivity index (χ3n) is 5.79. The van der Waals surface area contributed by atoms with Crippen molar-refractivity contribution in [3.8, 4) is 0 Å². The van der Waals surface area contributed by atoms with Gasteiger partial charge in [-0.3, -0.25) is 9.78 Å². The second-order valence-corrected chi connectivity index (χ2v) is 10.5. The van der Waals surface area contributed by atoms with Gasteiger partial charge < -0.3 is 9.80 Å². The summed E-state index contributed by atoms with van der Waals surface area (Å²) in [7, 11) is 0. The van der Waals surface area contributed by atoms with E-state index >= 15 is 0 Å². The standard InChI is InChI=1S/C26H24ClN5OS2/c27-19-3-1-4-20(15-19)31-10-12-32(13-11-31)21-6-7-24-23(16-21)25(8-9-28-24)35-18-26(33)30-29-17-22-5-2-14-34-22/h1-9,14-17H,10-13,18H2,(H,30,33)/b29-17+. The fourth-order valence-electron chi connectivity index (χ4n) is 4.04. The molecule has 0 aliphatic carbocycles. The van der Waals surface area contributed by atoms with Crippen molar-refractivity contribution in [2.24, 2.45) is 5.10 Å². The van der Waals surface area contributed by atoms with Crippen molar-refractivity contribution in [3.63, 3.8) is 0 Å². The SMILES string of the molecule is O=C(CSc1ccnc2ccc(N3CCN(c4cccc(Cl)c4)CC3)cc12)N/N=C/c1cccs1. The van der Waals surface area contributed by atoms with Crippen molar-refractivity contribution in [2.75, 3.05) is 41.7 Å². The van der Waals surface area contributed by atoms with Gasteiger partial charge in [-0.2, -0.15) is 5.10 Å². The highest BCUT2D eigenvalue weighted by atomic mass is 35.5. The first-order valence-corrected chi connectivity index (χ1v) is 13.5. The minimum Gasteiger partial charge on any atom is -0.368 e. The maximum atomic E-state index is 12.3. The number of amides is 1. The highest BCUT2D eigenvalue weighted by Gasteiger charge is 2.18. The van der Waals surface area contributed by atoms with Crippen LogP contribution in [0, 0.1) is 0 Å². The molecule has 178 valence electrons. The van der Waals surface area contributed by atoms with Gasteiger partial charge in [0, 0.05) is 63.9 Å². The highest BCUT2D eigenvalue weighted by molar-refractivity contribution is 8.00. The molecule has 35 heavy (non-hydrogen) atoms. The zero-order valence-corrected chi connectivity index (χ0v) is 21.3. The minimum absolute atomic E-state index is 0.138. The Morgan fingerprint density at radius 1 is 1.06 bits per heavy atom. The second-order valence-electron chi connectivity index (χ2n) is 8.06. The predicted octanol–water partition coefficient (Wildman–Crippen LogP) is 5.52. The van der Waals surface area contributed by atoms with Crippen LogP contribution in [0.5, 0.6) is 0 Å². The molecule has 4 aromatic rings. The molecule has 2 aromatic carbocycles. The number of piperazine rings is 1. The van der Waals surface area contributed by atoms with E-state index in [0.717, 1.165) is 57.6 Å². The number of halogens is 1. The fourth-order valence-corrected chi connectivity index (χ4v) is 5.63. The number of thioether (sulfide) groups is 1. The largest absolute Gasteiger partial charge is 0.368 e. The Bertz CT molecular complexity index is 1340. The molecular weight excluding hydrogens is 498 g/mol. The summed E-state index contributed by atoms with van der Waals surface area (Å²) >= 11 is 9.25. The molecule has 1 fully saturated rings. The van der Waals surface area contributed by atoms with Gasteiger partial charge in [0.2, 0.25) is 5.91 Å². The maximum Gasteiger partial charge on any atom is 0.250 e. The lowest BCUT2D eigenvalue weighted by Crippen LogP contribution is -2.46. The molecule has 1 amide bonds. The lowest BCUT2D eigenvalue weighted by molar-refractivity contribution is -0.118. The molecule has 6 nitrogen and oxygen atoms in total. The lowest BCUT2D eigenvalue weighted by atomic mass is 10.1. The molecule has 1 aliphatic rings. The van der Waals surface area contributed by atoms with Crippen molar-refractivity contribution in [1.29, 1.82) is 0 Å². The number of carbonyl (C=O) groups excluding carboxylic acids is 1. The van der Waals surface area contributed by atoms with Gasteiger partial charge in [-0.1, -0.05) is 23.7 Å². The molecule has 0 radical (unpaired) electrons. The molecule has 0 spiro atoms. The smallest absolute Gasteiger partial charge is 0.250 e. The first kappa shape index (κ1) is 23.7. The van der Waals surface area contributed by atoms with Gasteiger partial charge in [0.25, 0.3) is 0 Å². The minimum atomic E-state index is -0.138. The molecule has 0 atom stereocenters. The second kappa shape index (κ2) is 11.1. The summed E-state index contributed by atoms with van der Waals surface area (Å²) in [4.78, 5) is 23.6. The number of thiophene rings is 1. The topological polar surface area (TPSA) is 60.8 Å². The zero-order valence-electron chi connectivity index (χ0n) is 18.9. The zero-order chi connectivity index (χ0) is 24.0. The molecule has 1 N–H and O–H groups in total. The Morgan fingerprint density at radius 2 is 1.86 bits per heavy atom. The number of fused-ring (bicyclic) bond motifs is 1. The molecule has 3 heterocycles. The van der Waals surface area contributed by atoms with Crippen LogP contribution >= 0.6 is 34.7 Å². The average Bonchev–Trinajstić information content (AvgIpc) is 3.41. The predicted molar refractivity (Wildman–Crippen MR) is 148 cm³/mol. The van der Waals surface area contributed by atoms with E-state index in [-0.39, 0.29) is 11.7 Å². The molecular formula is C26H24ClN5OS2. The van der Waals surface area contributed by atoms with Crippen LogP contribution in [0.4, 0.5) is 11.4 Å². The van der Waals surface area contributed by atoms with Crippen LogP contribution in [-0.4, -0.2) is 49.0 Å². The molecule has 1 saturated heterocycles. The number of carbonyl (C=O) groups is 1. The number of rotatable bonds is 7. The van der Waals surface area contributed by atoms with Crippen molar-refractivity contribution < 1.29 is 4.79 Å². The van der Waals surface area contributed by atoms with E-state index in [4.69, 9.17) is 11.6 Å². The third kappa shape index (κ3) is 5.96. The summed E-state index contributed by atoms with van der Waals surface area (Å²) in [5, 5.41) is 7.83. The van der Waals surface area contributed by atoms with Gasteiger partial charge in [-0.05, 0) is 53.9 Å². The number of hydrogen-bond donors (Lipinski definition) is 1. The van der Waals surface area contributed by atoms with Gasteiger partial charge in [-0.15, -0.1) is 23.1 Å². The third-order valence-corrected chi connectivity index (χ3v) is 7.90. The average molecular weight is 522 g/mol. The van der Waals surface area contributed by atoms with Gasteiger partial charge >= 0.3 is 0 Å². The molecule has 0 saturated carbocycles. The van der Waals surface area contributed by atoms with Crippen LogP contribution in [-0.2, 0) is 4.79 Å². The van der Waals surface area contributed by atoms with E-state index in [1.165, 1.54) is 17.4 Å². The van der Waals surface area contributed by atoms with Gasteiger partial charge in [0.15, 0.2) is 0 Å². The normalized spacial score (nSPS) is 14.1. The number of pyridine rings is 1. The van der Waals surface area contributed by atoms with Crippen LogP contribution < -0.4 is 15.2 Å². The van der Waals surface area contributed by atoms with E-state index < -0.39 is 0 Å². The number of benzene rings is 2. The van der Waals surface area contributed by atoms with Gasteiger partial charge in [0.1, 0.15) is 0 Å². The number of nitrogens with one attached hydrogen (secondary N) is 1. The Labute approximate surface area is 217 Å². The van der Waals surface area contributed by atoms with E-state index in [1.54, 1.807) is 23.7 Å². The maximum absolute atomic E-state index is 12.3. The first-order chi connectivity index (χ1) is 17.2. The summed E-state index contributed by atoms with van der Waals surface area (Å²) in [6.45, 7) is 3.70.